The smallest absolute Gasteiger partial charge is 0.247 e. The molecule has 1 aliphatic carbocycles. The normalized spacial score (nSPS) is 18.0. The number of hydrogen-bond donors (Lipinski definition) is 2. The predicted octanol–water partition coefficient (Wildman–Crippen LogP) is 3.82. The molecule has 2 heterocycles. The molecule has 0 saturated heterocycles. The third kappa shape index (κ3) is 2.90. The fourth-order valence-corrected chi connectivity index (χ4v) is 2.58. The zero-order valence-electron chi connectivity index (χ0n) is 11.9. The van der Waals surface area contributed by atoms with Crippen LogP contribution in [0.5, 0.6) is 0 Å². The van der Waals surface area contributed by atoms with Crippen molar-refractivity contribution in [2.45, 2.75) is 12.6 Å². The summed E-state index contributed by atoms with van der Waals surface area (Å²) in [5, 5.41) is 3.45. The Morgan fingerprint density at radius 2 is 2.35 bits per heavy atom. The van der Waals surface area contributed by atoms with Gasteiger partial charge in [0.2, 0.25) is 5.91 Å². The number of alkyl halides is 1. The van der Waals surface area contributed by atoms with Gasteiger partial charge in [0.1, 0.15) is 5.65 Å². The van der Waals surface area contributed by atoms with Crippen LogP contribution in [0.1, 0.15) is 12.0 Å². The lowest BCUT2D eigenvalue weighted by molar-refractivity contribution is -0.115. The van der Waals surface area contributed by atoms with Crippen LogP contribution in [0.15, 0.2) is 48.7 Å². The number of carbonyl (C=O) groups excluding carboxylic acids is 1. The summed E-state index contributed by atoms with van der Waals surface area (Å²) in [6.07, 6.45) is 3.57. The summed E-state index contributed by atoms with van der Waals surface area (Å²) in [5.74, 6) is -1.61. The van der Waals surface area contributed by atoms with Crippen molar-refractivity contribution < 1.29 is 13.6 Å². The molecule has 2 aromatic rings. The molecule has 2 aromatic heterocycles. The van der Waals surface area contributed by atoms with Crippen LogP contribution >= 0.6 is 11.6 Å². The van der Waals surface area contributed by atoms with Gasteiger partial charge < -0.3 is 10.3 Å². The lowest BCUT2D eigenvalue weighted by atomic mass is 9.95. The van der Waals surface area contributed by atoms with E-state index in [0.717, 1.165) is 6.08 Å². The molecular formula is C16H12ClF2N3O. The van der Waals surface area contributed by atoms with Gasteiger partial charge in [0.15, 0.2) is 12.0 Å². The Balaban J connectivity index is 2.03. The molecule has 0 fully saturated rings. The van der Waals surface area contributed by atoms with Gasteiger partial charge in [-0.3, -0.25) is 4.79 Å². The lowest BCUT2D eigenvalue weighted by Crippen LogP contribution is -2.24. The van der Waals surface area contributed by atoms with Crippen molar-refractivity contribution in [3.8, 4) is 0 Å². The second kappa shape index (κ2) is 5.96. The van der Waals surface area contributed by atoms with Gasteiger partial charge >= 0.3 is 0 Å². The van der Waals surface area contributed by atoms with Crippen molar-refractivity contribution in [1.29, 1.82) is 0 Å². The molecule has 118 valence electrons. The highest BCUT2D eigenvalue weighted by molar-refractivity contribution is 6.35. The number of nitrogens with one attached hydrogen (secondary N) is 2. The Kier molecular flexibility index (Phi) is 4.00. The highest BCUT2D eigenvalue weighted by Gasteiger charge is 2.25. The van der Waals surface area contributed by atoms with E-state index in [1.54, 1.807) is 18.5 Å². The maximum Gasteiger partial charge on any atom is 0.247 e. The summed E-state index contributed by atoms with van der Waals surface area (Å²) < 4.78 is 27.8. The molecule has 0 aromatic carbocycles. The molecule has 0 aliphatic heterocycles. The molecular weight excluding hydrogens is 324 g/mol. The summed E-state index contributed by atoms with van der Waals surface area (Å²) in [5.41, 5.74) is 1.53. The Labute approximate surface area is 135 Å². The van der Waals surface area contributed by atoms with E-state index in [1.807, 2.05) is 0 Å². The minimum absolute atomic E-state index is 0.144. The Morgan fingerprint density at radius 1 is 1.57 bits per heavy atom. The number of hydrogen-bond acceptors (Lipinski definition) is 2. The van der Waals surface area contributed by atoms with Crippen molar-refractivity contribution >= 4 is 34.1 Å². The first kappa shape index (κ1) is 15.4. The zero-order valence-corrected chi connectivity index (χ0v) is 12.6. The van der Waals surface area contributed by atoms with Crippen molar-refractivity contribution in [1.82, 2.24) is 15.3 Å². The Morgan fingerprint density at radius 3 is 3.09 bits per heavy atom. The predicted molar refractivity (Wildman–Crippen MR) is 85.1 cm³/mol. The summed E-state index contributed by atoms with van der Waals surface area (Å²) in [7, 11) is 0. The van der Waals surface area contributed by atoms with Gasteiger partial charge in [-0.25, -0.2) is 13.8 Å². The van der Waals surface area contributed by atoms with Gasteiger partial charge in [0, 0.05) is 24.2 Å². The molecule has 0 radical (unpaired) electrons. The second-order valence-electron chi connectivity index (χ2n) is 5.05. The van der Waals surface area contributed by atoms with Gasteiger partial charge in [-0.15, -0.1) is 0 Å². The van der Waals surface area contributed by atoms with E-state index in [1.165, 1.54) is 6.08 Å². The molecule has 1 aliphatic rings. The van der Waals surface area contributed by atoms with Crippen molar-refractivity contribution in [2.24, 2.45) is 0 Å². The van der Waals surface area contributed by atoms with Crippen molar-refractivity contribution in [3.05, 3.63) is 59.3 Å². The van der Waals surface area contributed by atoms with Crippen LogP contribution < -0.4 is 5.32 Å². The molecule has 3 rings (SSSR count). The second-order valence-corrected chi connectivity index (χ2v) is 5.46. The molecule has 2 N–H and O–H groups in total. The quantitative estimate of drug-likeness (QED) is 0.838. The van der Waals surface area contributed by atoms with Crippen LogP contribution in [-0.4, -0.2) is 22.0 Å². The molecule has 7 heteroatoms. The summed E-state index contributed by atoms with van der Waals surface area (Å²) in [6, 6.07) is 1.75. The number of aromatic nitrogens is 2. The number of aromatic amines is 1. The Hall–Kier alpha value is -2.47. The largest absolute Gasteiger partial charge is 0.345 e. The van der Waals surface area contributed by atoms with Gasteiger partial charge in [0.25, 0.3) is 0 Å². The first-order chi connectivity index (χ1) is 11.0. The van der Waals surface area contributed by atoms with Crippen LogP contribution in [0.25, 0.3) is 16.6 Å². The molecule has 1 amide bonds. The molecule has 0 spiro atoms. The number of H-pyrrole nitrogens is 1. The number of pyridine rings is 1. The summed E-state index contributed by atoms with van der Waals surface area (Å²) >= 11 is 6.05. The fourth-order valence-electron chi connectivity index (χ4n) is 2.38. The maximum atomic E-state index is 13.9. The van der Waals surface area contributed by atoms with Gasteiger partial charge in [-0.1, -0.05) is 18.2 Å². The Bertz CT molecular complexity index is 869. The summed E-state index contributed by atoms with van der Waals surface area (Å²) in [4.78, 5) is 18.5. The number of amides is 1. The van der Waals surface area contributed by atoms with Crippen LogP contribution in [0.2, 0.25) is 5.02 Å². The zero-order chi connectivity index (χ0) is 16.6. The lowest BCUT2D eigenvalue weighted by Gasteiger charge is -2.19. The third-order valence-electron chi connectivity index (χ3n) is 3.54. The molecule has 23 heavy (non-hydrogen) atoms. The topological polar surface area (TPSA) is 57.8 Å². The molecule has 0 bridgehead atoms. The van der Waals surface area contributed by atoms with E-state index < -0.39 is 17.9 Å². The van der Waals surface area contributed by atoms with Crippen LogP contribution in [0, 0.1) is 0 Å². The fraction of sp³-hybridized carbons (Fsp3) is 0.125. The molecule has 1 atom stereocenters. The van der Waals surface area contributed by atoms with Crippen LogP contribution in [0.3, 0.4) is 0 Å². The van der Waals surface area contributed by atoms with Gasteiger partial charge in [-0.05, 0) is 29.4 Å². The van der Waals surface area contributed by atoms with E-state index in [0.29, 0.717) is 27.2 Å². The number of fused-ring (bicyclic) bond motifs is 1. The monoisotopic (exact) mass is 335 g/mol. The number of carbonyl (C=O) groups is 1. The van der Waals surface area contributed by atoms with E-state index in [9.17, 15) is 13.6 Å². The van der Waals surface area contributed by atoms with E-state index in [-0.39, 0.29) is 12.1 Å². The van der Waals surface area contributed by atoms with Crippen molar-refractivity contribution in [3.63, 3.8) is 0 Å². The number of rotatable bonds is 3. The summed E-state index contributed by atoms with van der Waals surface area (Å²) in [6.45, 7) is 3.29. The van der Waals surface area contributed by atoms with E-state index in [4.69, 9.17) is 11.6 Å². The first-order valence-electron chi connectivity index (χ1n) is 6.80. The highest BCUT2D eigenvalue weighted by atomic mass is 35.5. The van der Waals surface area contributed by atoms with E-state index in [2.05, 4.69) is 21.9 Å². The molecule has 4 nitrogen and oxygen atoms in total. The highest BCUT2D eigenvalue weighted by Crippen LogP contribution is 2.34. The molecule has 1 unspecified atom stereocenters. The average Bonchev–Trinajstić information content (AvgIpc) is 2.92. The number of halogens is 3. The third-order valence-corrected chi connectivity index (χ3v) is 3.86. The minimum atomic E-state index is -1.83. The van der Waals surface area contributed by atoms with Crippen LogP contribution in [-0.2, 0) is 4.79 Å². The van der Waals surface area contributed by atoms with E-state index >= 15 is 0 Å². The van der Waals surface area contributed by atoms with Crippen molar-refractivity contribution in [2.75, 3.05) is 0 Å². The first-order valence-corrected chi connectivity index (χ1v) is 7.18. The average molecular weight is 336 g/mol. The van der Waals surface area contributed by atoms with Gasteiger partial charge in [-0.2, -0.15) is 0 Å². The van der Waals surface area contributed by atoms with Crippen LogP contribution in [0.4, 0.5) is 8.78 Å². The number of allylic oxidation sites excluding steroid dienone is 3. The maximum absolute atomic E-state index is 13.9. The molecule has 0 saturated carbocycles. The minimum Gasteiger partial charge on any atom is -0.345 e. The number of nitrogens with zero attached hydrogens (tertiary/aromatic N) is 1. The van der Waals surface area contributed by atoms with Gasteiger partial charge in [0.05, 0.1) is 10.7 Å². The standard InChI is InChI=1S/C16H12ClF2N3O/c1-2-14(23)22-13-5-8(4-12(18)15(13)19)9-3-10-11(17)7-21-16(10)20-6-9/h2-3,5-7,12H,1,4H2,(H,20,21)(H,22,23). The SMILES string of the molecule is C=CC(=O)NC1=C(F)C(F)CC(c2cnc3[nH]cc(Cl)c3c2)=C1.